The van der Waals surface area contributed by atoms with Gasteiger partial charge in [-0.2, -0.15) is 10.2 Å². The van der Waals surface area contributed by atoms with E-state index in [1.165, 1.54) is 15.8 Å². The number of para-hydroxylation sites is 1. The van der Waals surface area contributed by atoms with E-state index in [0.717, 1.165) is 29.1 Å². The molecule has 0 bridgehead atoms. The lowest BCUT2D eigenvalue weighted by Gasteiger charge is -2.15. The molecule has 0 atom stereocenters. The van der Waals surface area contributed by atoms with E-state index in [-0.39, 0.29) is 5.82 Å². The van der Waals surface area contributed by atoms with Crippen molar-refractivity contribution < 1.29 is 4.39 Å². The Morgan fingerprint density at radius 3 is 2.68 bits per heavy atom. The number of aromatic amines is 1. The molecule has 1 N–H and O–H groups in total. The van der Waals surface area contributed by atoms with Gasteiger partial charge in [-0.15, -0.1) is 11.3 Å². The second-order valence-corrected chi connectivity index (χ2v) is 8.44. The van der Waals surface area contributed by atoms with Gasteiger partial charge in [-0.3, -0.25) is 10.00 Å². The van der Waals surface area contributed by atoms with Crippen LogP contribution in [0, 0.1) is 19.7 Å². The molecule has 7 heteroatoms. The van der Waals surface area contributed by atoms with E-state index in [9.17, 15) is 4.39 Å². The van der Waals surface area contributed by atoms with E-state index in [2.05, 4.69) is 42.1 Å². The molecule has 1 aromatic carbocycles. The topological polar surface area (TPSA) is 49.7 Å². The van der Waals surface area contributed by atoms with E-state index in [4.69, 9.17) is 5.10 Å². The molecule has 0 saturated heterocycles. The molecule has 28 heavy (non-hydrogen) atoms. The van der Waals surface area contributed by atoms with Crippen LogP contribution in [0.25, 0.3) is 16.9 Å². The molecule has 4 aromatic rings. The number of aromatic nitrogens is 4. The van der Waals surface area contributed by atoms with Crippen molar-refractivity contribution in [2.24, 2.45) is 0 Å². The van der Waals surface area contributed by atoms with Crippen molar-refractivity contribution in [1.82, 2.24) is 24.9 Å². The monoisotopic (exact) mass is 395 g/mol. The van der Waals surface area contributed by atoms with Gasteiger partial charge in [0, 0.05) is 52.1 Å². The zero-order chi connectivity index (χ0) is 19.7. The highest BCUT2D eigenvalue weighted by atomic mass is 32.1. The summed E-state index contributed by atoms with van der Waals surface area (Å²) >= 11 is 1.75. The Hall–Kier alpha value is -2.77. The fourth-order valence-corrected chi connectivity index (χ4v) is 4.31. The van der Waals surface area contributed by atoms with Gasteiger partial charge in [-0.05, 0) is 45.2 Å². The van der Waals surface area contributed by atoms with E-state index >= 15 is 0 Å². The zero-order valence-electron chi connectivity index (χ0n) is 16.1. The molecule has 0 aliphatic carbocycles. The third kappa shape index (κ3) is 3.76. The van der Waals surface area contributed by atoms with Gasteiger partial charge in [0.2, 0.25) is 0 Å². The highest BCUT2D eigenvalue weighted by molar-refractivity contribution is 7.12. The average Bonchev–Trinajstić information content (AvgIpc) is 3.36. The molecule has 0 spiro atoms. The van der Waals surface area contributed by atoms with Gasteiger partial charge in [0.1, 0.15) is 11.5 Å². The van der Waals surface area contributed by atoms with Crippen LogP contribution in [0.2, 0.25) is 0 Å². The molecule has 3 aromatic heterocycles. The molecular formula is C21H22FN5S. The number of nitrogens with zero attached hydrogens (tertiary/aromatic N) is 4. The number of thiophene rings is 1. The number of aryl methyl sites for hydroxylation is 2. The lowest BCUT2D eigenvalue weighted by Crippen LogP contribution is -2.17. The fraction of sp³-hybridized carbons (Fsp3) is 0.238. The Kier molecular flexibility index (Phi) is 5.11. The van der Waals surface area contributed by atoms with Crippen molar-refractivity contribution in [3.63, 3.8) is 0 Å². The summed E-state index contributed by atoms with van der Waals surface area (Å²) in [5.41, 5.74) is 4.58. The van der Waals surface area contributed by atoms with Crippen molar-refractivity contribution in [2.45, 2.75) is 26.9 Å². The molecule has 0 saturated carbocycles. The summed E-state index contributed by atoms with van der Waals surface area (Å²) in [5.74, 6) is -0.285. The minimum absolute atomic E-state index is 0.285. The van der Waals surface area contributed by atoms with Gasteiger partial charge in [-0.1, -0.05) is 12.1 Å². The fourth-order valence-electron chi connectivity index (χ4n) is 3.39. The number of H-pyrrole nitrogens is 1. The maximum Gasteiger partial charge on any atom is 0.148 e. The minimum Gasteiger partial charge on any atom is -0.296 e. The molecule has 144 valence electrons. The molecule has 5 nitrogen and oxygen atoms in total. The lowest BCUT2D eigenvalue weighted by molar-refractivity contribution is 0.315. The highest BCUT2D eigenvalue weighted by Gasteiger charge is 2.18. The maximum absolute atomic E-state index is 14.3. The average molecular weight is 396 g/mol. The van der Waals surface area contributed by atoms with Crippen LogP contribution in [-0.4, -0.2) is 31.9 Å². The summed E-state index contributed by atoms with van der Waals surface area (Å²) in [4.78, 5) is 4.65. The van der Waals surface area contributed by atoms with Crippen LogP contribution in [0.15, 0.2) is 48.8 Å². The molecule has 0 unspecified atom stereocenters. The van der Waals surface area contributed by atoms with E-state index in [1.807, 2.05) is 18.3 Å². The van der Waals surface area contributed by atoms with Crippen LogP contribution in [0.1, 0.15) is 21.0 Å². The normalized spacial score (nSPS) is 11.5. The van der Waals surface area contributed by atoms with Crippen LogP contribution >= 0.6 is 11.3 Å². The smallest absolute Gasteiger partial charge is 0.148 e. The Labute approximate surface area is 167 Å². The van der Waals surface area contributed by atoms with Gasteiger partial charge >= 0.3 is 0 Å². The number of rotatable bonds is 6. The number of hydrogen-bond acceptors (Lipinski definition) is 4. The number of nitrogens with one attached hydrogen (secondary N) is 1. The summed E-state index contributed by atoms with van der Waals surface area (Å²) in [6.07, 6.45) is 3.69. The van der Waals surface area contributed by atoms with Crippen molar-refractivity contribution in [1.29, 1.82) is 0 Å². The number of hydrogen-bond donors (Lipinski definition) is 1. The molecular weight excluding hydrogens is 373 g/mol. The van der Waals surface area contributed by atoms with E-state index in [0.29, 0.717) is 12.2 Å². The first-order valence-electron chi connectivity index (χ1n) is 9.09. The minimum atomic E-state index is -0.285. The Morgan fingerprint density at radius 1 is 1.18 bits per heavy atom. The largest absolute Gasteiger partial charge is 0.296 e. The number of benzene rings is 1. The summed E-state index contributed by atoms with van der Waals surface area (Å²) in [6, 6.07) is 10.8. The molecule has 0 radical (unpaired) electrons. The van der Waals surface area contributed by atoms with Gasteiger partial charge < -0.3 is 0 Å². The van der Waals surface area contributed by atoms with E-state index < -0.39 is 0 Å². The summed E-state index contributed by atoms with van der Waals surface area (Å²) in [7, 11) is 2.05. The standard InChI is InChI=1S/C21H22FN5S/c1-14-10-18(15(2)28-14)21-16(11-26(3)13-17-8-9-23-24-17)12-27(25-21)20-7-5-4-6-19(20)22/h4-10,12H,11,13H2,1-3H3,(H,23,24). The summed E-state index contributed by atoms with van der Waals surface area (Å²) in [5, 5.41) is 11.8. The predicted molar refractivity (Wildman–Crippen MR) is 110 cm³/mol. The second kappa shape index (κ2) is 7.69. The summed E-state index contributed by atoms with van der Waals surface area (Å²) in [6.45, 7) is 5.63. The van der Waals surface area contributed by atoms with Gasteiger partial charge in [0.15, 0.2) is 0 Å². The predicted octanol–water partition coefficient (Wildman–Crippen LogP) is 4.71. The molecule has 4 rings (SSSR count). The maximum atomic E-state index is 14.3. The Bertz CT molecular complexity index is 1080. The Balaban J connectivity index is 1.72. The SMILES string of the molecule is Cc1cc(-c2nn(-c3ccccc3F)cc2CN(C)Cc2ccn[nH]2)c(C)s1. The van der Waals surface area contributed by atoms with E-state index in [1.54, 1.807) is 34.3 Å². The van der Waals surface area contributed by atoms with Gasteiger partial charge in [0.05, 0.1) is 5.69 Å². The van der Waals surface area contributed by atoms with Crippen molar-refractivity contribution in [3.8, 4) is 16.9 Å². The van der Waals surface area contributed by atoms with Crippen LogP contribution in [0.4, 0.5) is 4.39 Å². The number of halogens is 1. The third-order valence-corrected chi connectivity index (χ3v) is 5.59. The van der Waals surface area contributed by atoms with Gasteiger partial charge in [-0.25, -0.2) is 9.07 Å². The van der Waals surface area contributed by atoms with Gasteiger partial charge in [0.25, 0.3) is 0 Å². The van der Waals surface area contributed by atoms with Crippen LogP contribution in [0.5, 0.6) is 0 Å². The molecule has 0 aliphatic heterocycles. The van der Waals surface area contributed by atoms with Crippen LogP contribution in [0.3, 0.4) is 0 Å². The zero-order valence-corrected chi connectivity index (χ0v) is 16.9. The highest BCUT2D eigenvalue weighted by Crippen LogP contribution is 2.33. The quantitative estimate of drug-likeness (QED) is 0.514. The first-order valence-corrected chi connectivity index (χ1v) is 9.90. The third-order valence-electron chi connectivity index (χ3n) is 4.62. The summed E-state index contributed by atoms with van der Waals surface area (Å²) < 4.78 is 16.0. The second-order valence-electron chi connectivity index (χ2n) is 6.98. The Morgan fingerprint density at radius 2 is 2.00 bits per heavy atom. The molecule has 0 fully saturated rings. The van der Waals surface area contributed by atoms with Crippen LogP contribution < -0.4 is 0 Å². The van der Waals surface area contributed by atoms with Crippen molar-refractivity contribution >= 4 is 11.3 Å². The molecule has 3 heterocycles. The molecule has 0 aliphatic rings. The van der Waals surface area contributed by atoms with Crippen molar-refractivity contribution in [2.75, 3.05) is 7.05 Å². The van der Waals surface area contributed by atoms with Crippen LogP contribution in [-0.2, 0) is 13.1 Å². The molecule has 0 amide bonds. The first-order chi connectivity index (χ1) is 13.5. The van der Waals surface area contributed by atoms with Crippen molar-refractivity contribution in [3.05, 3.63) is 75.6 Å². The lowest BCUT2D eigenvalue weighted by atomic mass is 10.1. The first kappa shape index (κ1) is 18.6.